The van der Waals surface area contributed by atoms with Crippen LogP contribution in [0.2, 0.25) is 0 Å². The normalized spacial score (nSPS) is 23.2. The average Bonchev–Trinajstić information content (AvgIpc) is 3.17. The highest BCUT2D eigenvalue weighted by molar-refractivity contribution is 7.99. The number of anilines is 1. The van der Waals surface area contributed by atoms with E-state index >= 15 is 0 Å². The minimum atomic E-state index is -0.914. The van der Waals surface area contributed by atoms with E-state index in [4.69, 9.17) is 5.73 Å². The summed E-state index contributed by atoms with van der Waals surface area (Å²) < 4.78 is 0. The van der Waals surface area contributed by atoms with Crippen molar-refractivity contribution in [3.05, 3.63) is 60.2 Å². The molecule has 2 aromatic carbocycles. The van der Waals surface area contributed by atoms with Gasteiger partial charge in [-0.05, 0) is 24.1 Å². The zero-order valence-corrected chi connectivity index (χ0v) is 17.6. The van der Waals surface area contributed by atoms with Crippen molar-refractivity contribution >= 4 is 41.0 Å². The summed E-state index contributed by atoms with van der Waals surface area (Å²) >= 11 is 1.46. The molecule has 1 aliphatic heterocycles. The number of nitrogens with two attached hydrogens (primary N) is 1. The van der Waals surface area contributed by atoms with Gasteiger partial charge in [-0.25, -0.2) is 0 Å². The number of benzene rings is 2. The lowest BCUT2D eigenvalue weighted by Crippen LogP contribution is -2.53. The van der Waals surface area contributed by atoms with Crippen molar-refractivity contribution < 1.29 is 19.2 Å². The first kappa shape index (κ1) is 21.1. The number of primary amides is 1. The minimum Gasteiger partial charge on any atom is -0.368 e. The van der Waals surface area contributed by atoms with E-state index in [0.717, 1.165) is 10.5 Å². The Hall–Kier alpha value is -3.13. The number of hydrogen-bond acceptors (Lipinski definition) is 5. The lowest BCUT2D eigenvalue weighted by Gasteiger charge is -2.29. The van der Waals surface area contributed by atoms with Crippen molar-refractivity contribution in [2.45, 2.75) is 35.4 Å². The Kier molecular flexibility index (Phi) is 6.08. The van der Waals surface area contributed by atoms with Crippen molar-refractivity contribution in [1.82, 2.24) is 5.32 Å². The molecule has 4 rings (SSSR count). The number of carbonyl (C=O) groups excluding carboxylic acids is 4. The first-order valence-electron chi connectivity index (χ1n) is 10.2. The van der Waals surface area contributed by atoms with Gasteiger partial charge in [-0.2, -0.15) is 0 Å². The third kappa shape index (κ3) is 4.49. The molecule has 1 fully saturated rings. The van der Waals surface area contributed by atoms with E-state index in [0.29, 0.717) is 18.5 Å². The summed E-state index contributed by atoms with van der Waals surface area (Å²) in [4.78, 5) is 52.2. The number of para-hydroxylation sites is 1. The zero-order valence-electron chi connectivity index (χ0n) is 16.8. The maximum Gasteiger partial charge on any atom is 0.251 e. The van der Waals surface area contributed by atoms with Crippen LogP contribution in [-0.4, -0.2) is 36.1 Å². The molecule has 3 atom stereocenters. The molecule has 8 heteroatoms. The number of thioether (sulfide) groups is 1. The number of nitrogens with zero attached hydrogens (tertiary/aromatic N) is 1. The second kappa shape index (κ2) is 8.93. The van der Waals surface area contributed by atoms with Crippen molar-refractivity contribution in [2.75, 3.05) is 11.4 Å². The fourth-order valence-electron chi connectivity index (χ4n) is 4.07. The summed E-state index contributed by atoms with van der Waals surface area (Å²) in [6.07, 6.45) is 1.06. The van der Waals surface area contributed by atoms with Crippen LogP contribution in [-0.2, 0) is 19.2 Å². The predicted octanol–water partition coefficient (Wildman–Crippen LogP) is 2.21. The Balaban J connectivity index is 1.74. The molecular weight excluding hydrogens is 414 g/mol. The molecular formula is C23H23N3O4S. The number of amides is 3. The molecule has 2 aromatic rings. The molecule has 0 aromatic heterocycles. The van der Waals surface area contributed by atoms with Crippen LogP contribution >= 0.6 is 11.8 Å². The quantitative estimate of drug-likeness (QED) is 0.745. The highest BCUT2D eigenvalue weighted by Gasteiger charge is 2.41. The topological polar surface area (TPSA) is 110 Å². The van der Waals surface area contributed by atoms with Gasteiger partial charge >= 0.3 is 0 Å². The Labute approximate surface area is 184 Å². The van der Waals surface area contributed by atoms with Gasteiger partial charge < -0.3 is 16.0 Å². The van der Waals surface area contributed by atoms with Gasteiger partial charge in [-0.3, -0.25) is 19.2 Å². The Morgan fingerprint density at radius 2 is 1.77 bits per heavy atom. The second-order valence-electron chi connectivity index (χ2n) is 7.77. The molecule has 3 unspecified atom stereocenters. The van der Waals surface area contributed by atoms with Gasteiger partial charge in [0.25, 0.3) is 5.91 Å². The fourth-order valence-corrected chi connectivity index (χ4v) is 5.41. The molecule has 0 saturated heterocycles. The van der Waals surface area contributed by atoms with Crippen LogP contribution in [0, 0.1) is 5.92 Å². The molecule has 2 aliphatic rings. The van der Waals surface area contributed by atoms with Crippen LogP contribution < -0.4 is 16.0 Å². The molecule has 31 heavy (non-hydrogen) atoms. The number of hydrogen-bond donors (Lipinski definition) is 2. The second-order valence-corrected chi connectivity index (χ2v) is 8.96. The number of Topliss-reactive ketones (excluding diaryl/α,β-unsaturated/α-hetero) is 1. The van der Waals surface area contributed by atoms with Crippen LogP contribution in [0.25, 0.3) is 0 Å². The smallest absolute Gasteiger partial charge is 0.251 e. The van der Waals surface area contributed by atoms with E-state index in [9.17, 15) is 19.2 Å². The summed E-state index contributed by atoms with van der Waals surface area (Å²) in [6, 6.07) is 15.9. The van der Waals surface area contributed by atoms with E-state index in [-0.39, 0.29) is 24.7 Å². The van der Waals surface area contributed by atoms with Crippen LogP contribution in [0.4, 0.5) is 5.69 Å². The molecule has 0 spiro atoms. The summed E-state index contributed by atoms with van der Waals surface area (Å²) in [7, 11) is 0. The van der Waals surface area contributed by atoms with E-state index < -0.39 is 29.0 Å². The van der Waals surface area contributed by atoms with Gasteiger partial charge in [0.2, 0.25) is 11.8 Å². The van der Waals surface area contributed by atoms with Gasteiger partial charge in [-0.1, -0.05) is 42.5 Å². The molecule has 3 N–H and O–H groups in total. The van der Waals surface area contributed by atoms with Gasteiger partial charge in [0.05, 0.1) is 10.9 Å². The molecule has 160 valence electrons. The van der Waals surface area contributed by atoms with Gasteiger partial charge in [0.1, 0.15) is 18.4 Å². The number of ketones is 1. The zero-order chi connectivity index (χ0) is 22.0. The SMILES string of the molecule is NC(=O)CN1C(=O)C(NC(=O)C2CCC(=O)C2)C(c2ccccc2)Sc2ccccc21. The highest BCUT2D eigenvalue weighted by Crippen LogP contribution is 2.45. The van der Waals surface area contributed by atoms with Crippen LogP contribution in [0.3, 0.4) is 0 Å². The van der Waals surface area contributed by atoms with Gasteiger partial charge in [-0.15, -0.1) is 11.8 Å². The third-order valence-corrected chi connectivity index (χ3v) is 7.00. The number of rotatable bonds is 5. The number of carbonyl (C=O) groups is 4. The largest absolute Gasteiger partial charge is 0.368 e. The summed E-state index contributed by atoms with van der Waals surface area (Å²) in [5, 5.41) is 2.49. The van der Waals surface area contributed by atoms with E-state index in [1.165, 1.54) is 16.7 Å². The van der Waals surface area contributed by atoms with Crippen molar-refractivity contribution in [3.8, 4) is 0 Å². The third-order valence-electron chi connectivity index (χ3n) is 5.60. The lowest BCUT2D eigenvalue weighted by molar-refractivity contribution is -0.130. The fraction of sp³-hybridized carbons (Fsp3) is 0.304. The van der Waals surface area contributed by atoms with Gasteiger partial charge in [0.15, 0.2) is 0 Å². The van der Waals surface area contributed by atoms with E-state index in [2.05, 4.69) is 5.32 Å². The predicted molar refractivity (Wildman–Crippen MR) is 117 cm³/mol. The molecule has 0 bridgehead atoms. The molecule has 7 nitrogen and oxygen atoms in total. The highest BCUT2D eigenvalue weighted by atomic mass is 32.2. The number of nitrogens with one attached hydrogen (secondary N) is 1. The number of fused-ring (bicyclic) bond motifs is 1. The van der Waals surface area contributed by atoms with E-state index in [1.807, 2.05) is 42.5 Å². The summed E-state index contributed by atoms with van der Waals surface area (Å²) in [6.45, 7) is -0.286. The standard InChI is InChI=1S/C23H23N3O4S/c24-19(28)13-26-17-8-4-5-9-18(17)31-21(14-6-2-1-3-7-14)20(23(26)30)25-22(29)15-10-11-16(27)12-15/h1-9,15,20-21H,10-13H2,(H2,24,28)(H,25,29). The first-order chi connectivity index (χ1) is 14.9. The van der Waals surface area contributed by atoms with Crippen LogP contribution in [0.15, 0.2) is 59.5 Å². The maximum absolute atomic E-state index is 13.7. The van der Waals surface area contributed by atoms with E-state index in [1.54, 1.807) is 12.1 Å². The lowest BCUT2D eigenvalue weighted by atomic mass is 10.0. The van der Waals surface area contributed by atoms with Crippen molar-refractivity contribution in [1.29, 1.82) is 0 Å². The average molecular weight is 438 g/mol. The van der Waals surface area contributed by atoms with Crippen LogP contribution in [0.1, 0.15) is 30.1 Å². The Bertz CT molecular complexity index is 1030. The molecule has 3 amide bonds. The maximum atomic E-state index is 13.7. The first-order valence-corrected chi connectivity index (χ1v) is 11.0. The molecule has 1 aliphatic carbocycles. The Morgan fingerprint density at radius 3 is 2.45 bits per heavy atom. The molecule has 1 saturated carbocycles. The van der Waals surface area contributed by atoms with Gasteiger partial charge in [0, 0.05) is 23.7 Å². The monoisotopic (exact) mass is 437 g/mol. The summed E-state index contributed by atoms with van der Waals surface area (Å²) in [5.41, 5.74) is 6.90. The summed E-state index contributed by atoms with van der Waals surface area (Å²) in [5.74, 6) is -1.72. The molecule has 0 radical (unpaired) electrons. The molecule has 1 heterocycles. The van der Waals surface area contributed by atoms with Crippen molar-refractivity contribution in [3.63, 3.8) is 0 Å². The van der Waals surface area contributed by atoms with Crippen LogP contribution in [0.5, 0.6) is 0 Å². The minimum absolute atomic E-state index is 0.0593. The van der Waals surface area contributed by atoms with Crippen molar-refractivity contribution in [2.24, 2.45) is 11.7 Å². The Morgan fingerprint density at radius 1 is 1.06 bits per heavy atom.